The largest absolute Gasteiger partial charge is 0.386 e. The molecule has 0 saturated heterocycles. The Hall–Kier alpha value is 0.110. The van der Waals surface area contributed by atoms with Crippen LogP contribution in [0.5, 0.6) is 0 Å². The van der Waals surface area contributed by atoms with Gasteiger partial charge in [-0.3, -0.25) is 0 Å². The van der Waals surface area contributed by atoms with Crippen molar-refractivity contribution in [2.45, 2.75) is 18.9 Å². The zero-order valence-corrected chi connectivity index (χ0v) is 6.10. The van der Waals surface area contributed by atoms with E-state index in [0.717, 1.165) is 11.8 Å². The number of carbonyl (C=O) groups is 1. The van der Waals surface area contributed by atoms with Crippen LogP contribution in [-0.2, 0) is 4.79 Å². The summed E-state index contributed by atoms with van der Waals surface area (Å²) in [7, 11) is 0. The molecule has 0 aliphatic rings. The highest BCUT2D eigenvalue weighted by Crippen LogP contribution is 1.96. The molecule has 0 radical (unpaired) electrons. The van der Waals surface area contributed by atoms with Gasteiger partial charge >= 0.3 is 0 Å². The van der Waals surface area contributed by atoms with Gasteiger partial charge < -0.3 is 9.90 Å². The second-order valence-corrected chi connectivity index (χ2v) is 2.33. The molecule has 0 bridgehead atoms. The zero-order valence-electron chi connectivity index (χ0n) is 4.51. The van der Waals surface area contributed by atoms with Gasteiger partial charge in [0.1, 0.15) is 12.4 Å². The summed E-state index contributed by atoms with van der Waals surface area (Å²) in [5.41, 5.74) is 0. The number of aldehydes is 1. The lowest BCUT2D eigenvalue weighted by Crippen LogP contribution is -2.06. The first kappa shape index (κ1) is 8.11. The van der Waals surface area contributed by atoms with E-state index in [2.05, 4.69) is 15.9 Å². The highest BCUT2D eigenvalue weighted by atomic mass is 79.9. The molecule has 0 saturated carbocycles. The van der Waals surface area contributed by atoms with Gasteiger partial charge in [-0.1, -0.05) is 15.9 Å². The third-order valence-corrected chi connectivity index (χ3v) is 1.35. The van der Waals surface area contributed by atoms with Crippen LogP contribution < -0.4 is 0 Å². The summed E-state index contributed by atoms with van der Waals surface area (Å²) in [4.78, 5) is 9.75. The predicted octanol–water partition coefficient (Wildman–Crippen LogP) is 0.721. The Labute approximate surface area is 57.0 Å². The van der Waals surface area contributed by atoms with Crippen molar-refractivity contribution in [3.05, 3.63) is 0 Å². The lowest BCUT2D eigenvalue weighted by molar-refractivity contribution is -0.115. The number of hydrogen-bond acceptors (Lipinski definition) is 2. The Balaban J connectivity index is 2.98. The molecule has 0 aromatic rings. The highest BCUT2D eigenvalue weighted by molar-refractivity contribution is 9.09. The molecule has 3 heteroatoms. The second-order valence-electron chi connectivity index (χ2n) is 1.53. The molecule has 0 aliphatic carbocycles. The molecular weight excluding hydrogens is 172 g/mol. The van der Waals surface area contributed by atoms with E-state index < -0.39 is 6.10 Å². The van der Waals surface area contributed by atoms with E-state index in [1.54, 1.807) is 0 Å². The van der Waals surface area contributed by atoms with Crippen molar-refractivity contribution in [3.8, 4) is 0 Å². The minimum Gasteiger partial charge on any atom is -0.386 e. The Morgan fingerprint density at radius 1 is 1.75 bits per heavy atom. The molecule has 0 rings (SSSR count). The summed E-state index contributed by atoms with van der Waals surface area (Å²) in [6, 6.07) is 0. The smallest absolute Gasteiger partial charge is 0.148 e. The van der Waals surface area contributed by atoms with Gasteiger partial charge in [-0.15, -0.1) is 0 Å². The molecule has 0 amide bonds. The third kappa shape index (κ3) is 4.27. The lowest BCUT2D eigenvalue weighted by atomic mass is 10.2. The Kier molecular flexibility index (Phi) is 5.32. The van der Waals surface area contributed by atoms with Crippen LogP contribution >= 0.6 is 15.9 Å². The van der Waals surface area contributed by atoms with Crippen molar-refractivity contribution in [2.75, 3.05) is 5.33 Å². The van der Waals surface area contributed by atoms with Gasteiger partial charge in [0.25, 0.3) is 0 Å². The summed E-state index contributed by atoms with van der Waals surface area (Å²) in [5, 5.41) is 9.45. The Bertz CT molecular complexity index is 65.4. The first-order valence-corrected chi connectivity index (χ1v) is 3.62. The summed E-state index contributed by atoms with van der Waals surface area (Å²) >= 11 is 3.18. The highest BCUT2D eigenvalue weighted by Gasteiger charge is 1.97. The molecule has 0 aliphatic heterocycles. The van der Waals surface area contributed by atoms with E-state index in [-0.39, 0.29) is 0 Å². The number of hydrogen-bond donors (Lipinski definition) is 1. The van der Waals surface area contributed by atoms with E-state index in [0.29, 0.717) is 12.7 Å². The quantitative estimate of drug-likeness (QED) is 0.512. The molecule has 2 nitrogen and oxygen atoms in total. The molecule has 1 N–H and O–H groups in total. The van der Waals surface area contributed by atoms with Crippen LogP contribution in [0.25, 0.3) is 0 Å². The summed E-state index contributed by atoms with van der Waals surface area (Å²) in [5.74, 6) is 0. The number of alkyl halides is 1. The minimum absolute atomic E-state index is 0.558. The summed E-state index contributed by atoms with van der Waals surface area (Å²) < 4.78 is 0. The van der Waals surface area contributed by atoms with Crippen molar-refractivity contribution in [1.82, 2.24) is 0 Å². The molecule has 0 fully saturated rings. The van der Waals surface area contributed by atoms with Crippen LogP contribution in [0.1, 0.15) is 12.8 Å². The molecule has 0 aromatic heterocycles. The minimum atomic E-state index is -0.757. The second kappa shape index (κ2) is 5.25. The SMILES string of the molecule is O=CC(O)CCCBr. The maximum absolute atomic E-state index is 9.75. The van der Waals surface area contributed by atoms with Gasteiger partial charge in [0.05, 0.1) is 0 Å². The normalized spacial score (nSPS) is 13.2. The molecule has 1 atom stereocenters. The fourth-order valence-electron chi connectivity index (χ4n) is 0.354. The lowest BCUT2D eigenvalue weighted by Gasteiger charge is -1.96. The van der Waals surface area contributed by atoms with Gasteiger partial charge in [0, 0.05) is 5.33 Å². The summed E-state index contributed by atoms with van der Waals surface area (Å²) in [6.07, 6.45) is 1.21. The predicted molar refractivity (Wildman–Crippen MR) is 35.1 cm³/mol. The zero-order chi connectivity index (χ0) is 6.41. The topological polar surface area (TPSA) is 37.3 Å². The van der Waals surface area contributed by atoms with Gasteiger partial charge in [0.2, 0.25) is 0 Å². The Morgan fingerprint density at radius 3 is 2.75 bits per heavy atom. The van der Waals surface area contributed by atoms with E-state index in [1.807, 2.05) is 0 Å². The van der Waals surface area contributed by atoms with Crippen molar-refractivity contribution in [1.29, 1.82) is 0 Å². The van der Waals surface area contributed by atoms with Crippen LogP contribution in [0.2, 0.25) is 0 Å². The van der Waals surface area contributed by atoms with Crippen LogP contribution in [0.4, 0.5) is 0 Å². The van der Waals surface area contributed by atoms with Crippen molar-refractivity contribution < 1.29 is 9.90 Å². The standard InChI is InChI=1S/C5H9BrO2/c6-3-1-2-5(8)4-7/h4-5,8H,1-3H2. The first-order chi connectivity index (χ1) is 3.81. The number of aliphatic hydroxyl groups excluding tert-OH is 1. The summed E-state index contributed by atoms with van der Waals surface area (Å²) in [6.45, 7) is 0. The van der Waals surface area contributed by atoms with Crippen LogP contribution in [0.15, 0.2) is 0 Å². The van der Waals surface area contributed by atoms with Gasteiger partial charge in [-0.25, -0.2) is 0 Å². The maximum atomic E-state index is 9.75. The van der Waals surface area contributed by atoms with Gasteiger partial charge in [-0.05, 0) is 12.8 Å². The van der Waals surface area contributed by atoms with Gasteiger partial charge in [-0.2, -0.15) is 0 Å². The van der Waals surface area contributed by atoms with Crippen molar-refractivity contribution in [2.24, 2.45) is 0 Å². The number of rotatable bonds is 4. The molecule has 8 heavy (non-hydrogen) atoms. The van der Waals surface area contributed by atoms with Crippen LogP contribution in [-0.4, -0.2) is 22.8 Å². The molecule has 1 unspecified atom stereocenters. The first-order valence-electron chi connectivity index (χ1n) is 2.50. The fourth-order valence-corrected chi connectivity index (χ4v) is 0.678. The van der Waals surface area contributed by atoms with E-state index in [9.17, 15) is 4.79 Å². The fraction of sp³-hybridized carbons (Fsp3) is 0.800. The van der Waals surface area contributed by atoms with Crippen LogP contribution in [0, 0.1) is 0 Å². The average Bonchev–Trinajstić information content (AvgIpc) is 1.83. The van der Waals surface area contributed by atoms with Gasteiger partial charge in [0.15, 0.2) is 0 Å². The third-order valence-electron chi connectivity index (χ3n) is 0.791. The monoisotopic (exact) mass is 180 g/mol. The van der Waals surface area contributed by atoms with Crippen LogP contribution in [0.3, 0.4) is 0 Å². The molecular formula is C5H9BrO2. The maximum Gasteiger partial charge on any atom is 0.148 e. The molecule has 48 valence electrons. The number of halogens is 1. The van der Waals surface area contributed by atoms with E-state index in [1.165, 1.54) is 0 Å². The number of aliphatic hydroxyl groups is 1. The van der Waals surface area contributed by atoms with E-state index >= 15 is 0 Å². The molecule has 0 heterocycles. The van der Waals surface area contributed by atoms with Crippen molar-refractivity contribution >= 4 is 22.2 Å². The Morgan fingerprint density at radius 2 is 2.38 bits per heavy atom. The average molecular weight is 181 g/mol. The molecule has 0 spiro atoms. The number of carbonyl (C=O) groups excluding carboxylic acids is 1. The van der Waals surface area contributed by atoms with E-state index in [4.69, 9.17) is 5.11 Å². The molecule has 0 aromatic carbocycles. The van der Waals surface area contributed by atoms with Crippen molar-refractivity contribution in [3.63, 3.8) is 0 Å².